The van der Waals surface area contributed by atoms with Crippen molar-refractivity contribution < 1.29 is 41.9 Å². The number of ether oxygens (including phenoxy) is 2. The van der Waals surface area contributed by atoms with Crippen LogP contribution >= 0.6 is 0 Å². The maximum atomic E-state index is 15.1. The number of rotatable bonds is 12. The van der Waals surface area contributed by atoms with Gasteiger partial charge in [-0.15, -0.1) is 0 Å². The van der Waals surface area contributed by atoms with Gasteiger partial charge in [0.2, 0.25) is 27.7 Å². The maximum absolute atomic E-state index is 15.1. The highest BCUT2D eigenvalue weighted by atomic mass is 32.2. The molecule has 0 unspecified atom stereocenters. The monoisotopic (exact) mass is 803 g/mol. The number of hydrogen-bond donors (Lipinski definition) is 4. The van der Waals surface area contributed by atoms with E-state index in [4.69, 9.17) is 9.47 Å². The lowest BCUT2D eigenvalue weighted by Crippen LogP contribution is -2.62. The molecule has 7 rings (SSSR count). The van der Waals surface area contributed by atoms with Crippen LogP contribution in [0.15, 0.2) is 0 Å². The molecule has 0 aromatic rings. The van der Waals surface area contributed by atoms with E-state index in [1.54, 1.807) is 4.90 Å². The van der Waals surface area contributed by atoms with Gasteiger partial charge < -0.3 is 30.3 Å². The molecule has 0 aromatic carbocycles. The Morgan fingerprint density at radius 1 is 0.875 bits per heavy atom. The first-order valence-electron chi connectivity index (χ1n) is 21.4. The number of likely N-dealkylation sites (tertiary alicyclic amines) is 1. The van der Waals surface area contributed by atoms with E-state index in [1.165, 1.54) is 0 Å². The number of sulfonamides is 1. The minimum atomic E-state index is -3.84. The van der Waals surface area contributed by atoms with Gasteiger partial charge in [-0.05, 0) is 79.4 Å². The van der Waals surface area contributed by atoms with Crippen molar-refractivity contribution in [2.24, 2.45) is 33.5 Å². The van der Waals surface area contributed by atoms with Crippen molar-refractivity contribution >= 4 is 39.7 Å². The lowest BCUT2D eigenvalue weighted by atomic mass is 9.73. The molecular formula is C41H65N5O9S. The van der Waals surface area contributed by atoms with Gasteiger partial charge >= 0.3 is 6.09 Å². The van der Waals surface area contributed by atoms with E-state index in [9.17, 15) is 27.6 Å². The highest BCUT2D eigenvalue weighted by molar-refractivity contribution is 7.91. The first-order valence-corrected chi connectivity index (χ1v) is 22.9. The second-order valence-corrected chi connectivity index (χ2v) is 21.8. The molecule has 2 aliphatic heterocycles. The molecule has 5 aliphatic carbocycles. The average Bonchev–Trinajstić information content (AvgIpc) is 4.07. The van der Waals surface area contributed by atoms with Crippen molar-refractivity contribution in [1.82, 2.24) is 25.6 Å². The summed E-state index contributed by atoms with van der Waals surface area (Å²) in [6.45, 7) is 13.3. The van der Waals surface area contributed by atoms with Crippen molar-refractivity contribution in [3.8, 4) is 0 Å². The molecule has 0 radical (unpaired) electrons. The normalized spacial score (nSPS) is 32.1. The largest absolute Gasteiger partial charge is 0.446 e. The van der Waals surface area contributed by atoms with Gasteiger partial charge in [0.1, 0.15) is 29.8 Å². The Hall–Kier alpha value is -2.94. The summed E-state index contributed by atoms with van der Waals surface area (Å²) in [7, 11) is -3.84. The molecule has 2 saturated heterocycles. The van der Waals surface area contributed by atoms with Gasteiger partial charge in [-0.2, -0.15) is 0 Å². The van der Waals surface area contributed by atoms with Crippen molar-refractivity contribution in [1.29, 1.82) is 0 Å². The number of amides is 5. The zero-order valence-corrected chi connectivity index (χ0v) is 35.1. The van der Waals surface area contributed by atoms with Gasteiger partial charge in [-0.3, -0.25) is 23.9 Å². The number of nitrogens with zero attached hydrogens (tertiary/aromatic N) is 1. The zero-order valence-electron chi connectivity index (χ0n) is 34.3. The summed E-state index contributed by atoms with van der Waals surface area (Å²) in [6.07, 6.45) is 10.1. The minimum absolute atomic E-state index is 0.00616. The molecule has 15 heteroatoms. The lowest BCUT2D eigenvalue weighted by molar-refractivity contribution is -0.145. The highest BCUT2D eigenvalue weighted by Gasteiger charge is 2.85. The van der Waals surface area contributed by atoms with Gasteiger partial charge in [0.25, 0.3) is 5.91 Å². The van der Waals surface area contributed by atoms with E-state index < -0.39 is 68.2 Å². The highest BCUT2D eigenvalue weighted by Crippen LogP contribution is 2.88. The standard InChI is InChI=1S/C41H65N5O9S/c1-7-26-22-41(26,35(50)45-56(52,53)28-14-15-28)44-32(47)29-23-40(38(5,6)39(40)18-11-19-39)24-46(29)34(49)31(37(2,3)4)43-33(48)30(25-12-9-8-10-13-25)42-36(51)55-27-16-20-54-21-17-27/h25-31H,7-24H2,1-6H3,(H,42,51)(H,43,48)(H,44,47)(H,45,50)/t26-,29+,30+,31-,40-,41-/m1/s1. The number of nitrogens with one attached hydrogen (secondary N) is 4. The third kappa shape index (κ3) is 7.12. The van der Waals surface area contributed by atoms with Crippen molar-refractivity contribution in [3.05, 3.63) is 0 Å². The van der Waals surface area contributed by atoms with Gasteiger partial charge in [0.05, 0.1) is 18.5 Å². The molecule has 4 N–H and O–H groups in total. The first kappa shape index (κ1) is 41.2. The van der Waals surface area contributed by atoms with Crippen LogP contribution in [0.5, 0.6) is 0 Å². The van der Waals surface area contributed by atoms with Crippen molar-refractivity contribution in [2.45, 2.75) is 173 Å². The van der Waals surface area contributed by atoms with Crippen LogP contribution in [0.3, 0.4) is 0 Å². The smallest absolute Gasteiger partial charge is 0.408 e. The Morgan fingerprint density at radius 2 is 1.54 bits per heavy atom. The number of alkyl carbamates (subject to hydrolysis) is 1. The fraction of sp³-hybridized carbons (Fsp3) is 0.878. The van der Waals surface area contributed by atoms with Crippen LogP contribution in [-0.4, -0.2) is 97.8 Å². The van der Waals surface area contributed by atoms with Gasteiger partial charge in [-0.25, -0.2) is 13.2 Å². The number of fused-ring (bicyclic) bond motifs is 1. The molecule has 14 nitrogen and oxygen atoms in total. The Bertz CT molecular complexity index is 1690. The summed E-state index contributed by atoms with van der Waals surface area (Å²) in [5.41, 5.74) is -2.61. The summed E-state index contributed by atoms with van der Waals surface area (Å²) in [6, 6.07) is -2.87. The fourth-order valence-electron chi connectivity index (χ4n) is 11.4. The van der Waals surface area contributed by atoms with Crippen LogP contribution in [0.1, 0.15) is 138 Å². The van der Waals surface area contributed by atoms with Crippen LogP contribution in [0.25, 0.3) is 0 Å². The van der Waals surface area contributed by atoms with E-state index in [0.717, 1.165) is 51.4 Å². The molecule has 5 amide bonds. The number of carbonyl (C=O) groups excluding carboxylic acids is 5. The Balaban J connectivity index is 1.14. The number of carbonyl (C=O) groups is 5. The molecule has 5 saturated carbocycles. The van der Waals surface area contributed by atoms with Crippen LogP contribution < -0.4 is 20.7 Å². The third-order valence-corrected chi connectivity index (χ3v) is 17.3. The zero-order chi connectivity index (χ0) is 40.5. The van der Waals surface area contributed by atoms with Crippen molar-refractivity contribution in [2.75, 3.05) is 19.8 Å². The Kier molecular flexibility index (Phi) is 10.8. The third-order valence-electron chi connectivity index (χ3n) is 15.5. The average molecular weight is 804 g/mol. The molecule has 2 heterocycles. The minimum Gasteiger partial charge on any atom is -0.446 e. The molecule has 2 spiro atoms. The summed E-state index contributed by atoms with van der Waals surface area (Å²) in [5, 5.41) is 8.36. The molecule has 56 heavy (non-hydrogen) atoms. The molecular weight excluding hydrogens is 739 g/mol. The molecule has 0 aromatic heterocycles. The molecule has 6 atom stereocenters. The van der Waals surface area contributed by atoms with E-state index in [-0.39, 0.29) is 40.1 Å². The molecule has 0 bridgehead atoms. The first-order chi connectivity index (χ1) is 26.3. The summed E-state index contributed by atoms with van der Waals surface area (Å²) < 4.78 is 39.0. The Morgan fingerprint density at radius 3 is 2.07 bits per heavy atom. The van der Waals surface area contributed by atoms with E-state index in [2.05, 4.69) is 34.5 Å². The van der Waals surface area contributed by atoms with Gasteiger partial charge in [0.15, 0.2) is 0 Å². The topological polar surface area (TPSA) is 189 Å². The van der Waals surface area contributed by atoms with E-state index in [0.29, 0.717) is 64.7 Å². The van der Waals surface area contributed by atoms with Crippen molar-refractivity contribution in [3.63, 3.8) is 0 Å². The molecule has 7 fully saturated rings. The molecule has 7 aliphatic rings. The lowest BCUT2D eigenvalue weighted by Gasteiger charge is -2.38. The van der Waals surface area contributed by atoms with Gasteiger partial charge in [-0.1, -0.05) is 73.6 Å². The maximum Gasteiger partial charge on any atom is 0.408 e. The fourth-order valence-corrected chi connectivity index (χ4v) is 12.7. The second kappa shape index (κ2) is 14.7. The predicted molar refractivity (Wildman–Crippen MR) is 207 cm³/mol. The Labute approximate surface area is 332 Å². The van der Waals surface area contributed by atoms with E-state index in [1.807, 2.05) is 27.7 Å². The van der Waals surface area contributed by atoms with Crippen LogP contribution in [0.4, 0.5) is 4.79 Å². The van der Waals surface area contributed by atoms with E-state index >= 15 is 4.79 Å². The second-order valence-electron chi connectivity index (χ2n) is 19.8. The quantitative estimate of drug-likeness (QED) is 0.226. The van der Waals surface area contributed by atoms with Crippen LogP contribution in [0.2, 0.25) is 0 Å². The predicted octanol–water partition coefficient (Wildman–Crippen LogP) is 4.06. The summed E-state index contributed by atoms with van der Waals surface area (Å²) >= 11 is 0. The SMILES string of the molecule is CC[C@@H]1C[C@]1(NC(=O)[C@@H]1C[C@@]2(CN1C(=O)[C@@H](NC(=O)[C@@H](NC(=O)OC1CCOCC1)C1CCCCC1)C(C)(C)C)C(C)(C)C21CCC1)C(=O)NS(=O)(=O)C1CC1. The van der Waals surface area contributed by atoms with Gasteiger partial charge in [0, 0.05) is 24.8 Å². The summed E-state index contributed by atoms with van der Waals surface area (Å²) in [4.78, 5) is 72.7. The molecule has 314 valence electrons. The van der Waals surface area contributed by atoms with Crippen LogP contribution in [-0.2, 0) is 38.7 Å². The van der Waals surface area contributed by atoms with Crippen LogP contribution in [0, 0.1) is 33.5 Å². The number of hydrogen-bond acceptors (Lipinski definition) is 9. The summed E-state index contributed by atoms with van der Waals surface area (Å²) in [5.74, 6) is -2.39.